The third-order valence-corrected chi connectivity index (χ3v) is 4.73. The van der Waals surface area contributed by atoms with Gasteiger partial charge in [-0.25, -0.2) is 9.97 Å². The van der Waals surface area contributed by atoms with Crippen LogP contribution in [-0.4, -0.2) is 16.6 Å². The number of fused-ring (bicyclic) bond motifs is 1. The number of hydrogen-bond donors (Lipinski definition) is 0. The molecule has 19 heavy (non-hydrogen) atoms. The predicted octanol–water partition coefficient (Wildman–Crippen LogP) is 4.44. The summed E-state index contributed by atoms with van der Waals surface area (Å²) in [7, 11) is 0. The lowest BCUT2D eigenvalue weighted by molar-refractivity contribution is 0.0701. The average Bonchev–Trinajstić information content (AvgIpc) is 2.89. The molecular formula is C14H17ClN2OS. The van der Waals surface area contributed by atoms with E-state index in [1.165, 1.54) is 32.1 Å². The Bertz CT molecular complexity index is 551. The zero-order valence-electron chi connectivity index (χ0n) is 10.8. The van der Waals surface area contributed by atoms with Crippen LogP contribution in [0.15, 0.2) is 11.4 Å². The molecule has 1 aliphatic rings. The van der Waals surface area contributed by atoms with E-state index in [1.807, 2.05) is 11.4 Å². The van der Waals surface area contributed by atoms with Gasteiger partial charge in [-0.15, -0.1) is 11.3 Å². The summed E-state index contributed by atoms with van der Waals surface area (Å²) >= 11 is 7.72. The predicted molar refractivity (Wildman–Crippen MR) is 78.7 cm³/mol. The molecule has 0 atom stereocenters. The minimum atomic E-state index is 0.462. The highest BCUT2D eigenvalue weighted by Crippen LogP contribution is 2.26. The molecule has 3 rings (SSSR count). The van der Waals surface area contributed by atoms with Crippen molar-refractivity contribution in [1.82, 2.24) is 9.97 Å². The molecule has 2 aromatic heterocycles. The molecule has 0 radical (unpaired) electrons. The van der Waals surface area contributed by atoms with Crippen molar-refractivity contribution >= 4 is 33.2 Å². The second-order valence-corrected chi connectivity index (χ2v) is 6.34. The van der Waals surface area contributed by atoms with Crippen molar-refractivity contribution in [3.63, 3.8) is 0 Å². The maximum absolute atomic E-state index is 6.13. The van der Waals surface area contributed by atoms with Gasteiger partial charge in [0.2, 0.25) is 0 Å². The van der Waals surface area contributed by atoms with Gasteiger partial charge in [-0.2, -0.15) is 0 Å². The lowest BCUT2D eigenvalue weighted by Gasteiger charge is -2.21. The standard InChI is InChI=1S/C14H17ClN2OS/c15-13-11-6-7-19-14(11)17-12(16-13)9-18-8-10-4-2-1-3-5-10/h6-7,10H,1-5,8-9H2. The zero-order chi connectivity index (χ0) is 13.1. The van der Waals surface area contributed by atoms with Crippen LogP contribution in [0.2, 0.25) is 5.15 Å². The first-order chi connectivity index (χ1) is 9.33. The molecule has 0 aliphatic heterocycles. The first-order valence-electron chi connectivity index (χ1n) is 6.80. The fourth-order valence-corrected chi connectivity index (χ4v) is 3.68. The maximum Gasteiger partial charge on any atom is 0.157 e. The van der Waals surface area contributed by atoms with E-state index in [2.05, 4.69) is 9.97 Å². The number of rotatable bonds is 4. The van der Waals surface area contributed by atoms with Crippen LogP contribution in [0.4, 0.5) is 0 Å². The van der Waals surface area contributed by atoms with Gasteiger partial charge < -0.3 is 4.74 Å². The number of halogens is 1. The summed E-state index contributed by atoms with van der Waals surface area (Å²) in [5, 5.41) is 3.45. The summed E-state index contributed by atoms with van der Waals surface area (Å²) < 4.78 is 5.76. The van der Waals surface area contributed by atoms with E-state index in [-0.39, 0.29) is 0 Å². The Balaban J connectivity index is 1.58. The summed E-state index contributed by atoms with van der Waals surface area (Å²) in [6.07, 6.45) is 6.66. The highest BCUT2D eigenvalue weighted by Gasteiger charge is 2.14. The molecule has 2 heterocycles. The van der Waals surface area contributed by atoms with E-state index in [0.717, 1.165) is 22.7 Å². The van der Waals surface area contributed by atoms with Crippen molar-refractivity contribution in [3.05, 3.63) is 22.4 Å². The van der Waals surface area contributed by atoms with Gasteiger partial charge in [0.05, 0.1) is 0 Å². The van der Waals surface area contributed by atoms with Gasteiger partial charge in [0.15, 0.2) is 5.82 Å². The van der Waals surface area contributed by atoms with Crippen molar-refractivity contribution in [2.45, 2.75) is 38.7 Å². The van der Waals surface area contributed by atoms with Crippen LogP contribution in [0.5, 0.6) is 0 Å². The molecule has 5 heteroatoms. The van der Waals surface area contributed by atoms with Crippen LogP contribution in [-0.2, 0) is 11.3 Å². The van der Waals surface area contributed by atoms with Gasteiger partial charge in [0.1, 0.15) is 16.6 Å². The molecular weight excluding hydrogens is 280 g/mol. The normalized spacial score (nSPS) is 17.1. The highest BCUT2D eigenvalue weighted by molar-refractivity contribution is 7.16. The maximum atomic E-state index is 6.13. The Morgan fingerprint density at radius 1 is 1.26 bits per heavy atom. The number of hydrogen-bond acceptors (Lipinski definition) is 4. The summed E-state index contributed by atoms with van der Waals surface area (Å²) in [6.45, 7) is 1.29. The Kier molecular flexibility index (Phi) is 4.31. The van der Waals surface area contributed by atoms with Gasteiger partial charge in [-0.05, 0) is 30.2 Å². The van der Waals surface area contributed by atoms with Crippen LogP contribution in [0.1, 0.15) is 37.9 Å². The molecule has 1 saturated carbocycles. The van der Waals surface area contributed by atoms with Crippen molar-refractivity contribution in [2.75, 3.05) is 6.61 Å². The van der Waals surface area contributed by atoms with Crippen molar-refractivity contribution < 1.29 is 4.74 Å². The molecule has 0 spiro atoms. The second kappa shape index (κ2) is 6.16. The van der Waals surface area contributed by atoms with Crippen LogP contribution in [0.3, 0.4) is 0 Å². The molecule has 2 aromatic rings. The van der Waals surface area contributed by atoms with Crippen LogP contribution >= 0.6 is 22.9 Å². The second-order valence-electron chi connectivity index (χ2n) is 5.09. The monoisotopic (exact) mass is 296 g/mol. The van der Waals surface area contributed by atoms with E-state index in [4.69, 9.17) is 16.3 Å². The molecule has 0 aromatic carbocycles. The fourth-order valence-electron chi connectivity index (χ4n) is 2.60. The molecule has 0 saturated heterocycles. The molecule has 1 aliphatic carbocycles. The van der Waals surface area contributed by atoms with E-state index in [1.54, 1.807) is 11.3 Å². The van der Waals surface area contributed by atoms with Gasteiger partial charge in [0, 0.05) is 12.0 Å². The Hall–Kier alpha value is -0.710. The summed E-state index contributed by atoms with van der Waals surface area (Å²) in [4.78, 5) is 9.71. The largest absolute Gasteiger partial charge is 0.373 e. The molecule has 0 amide bonds. The van der Waals surface area contributed by atoms with Crippen LogP contribution in [0.25, 0.3) is 10.2 Å². The zero-order valence-corrected chi connectivity index (χ0v) is 12.3. The minimum absolute atomic E-state index is 0.462. The third-order valence-electron chi connectivity index (χ3n) is 3.63. The van der Waals surface area contributed by atoms with Gasteiger partial charge in [-0.3, -0.25) is 0 Å². The number of ether oxygens (including phenoxy) is 1. The minimum Gasteiger partial charge on any atom is -0.373 e. The van der Waals surface area contributed by atoms with Gasteiger partial charge in [0.25, 0.3) is 0 Å². The molecule has 0 N–H and O–H groups in total. The van der Waals surface area contributed by atoms with Gasteiger partial charge >= 0.3 is 0 Å². The van der Waals surface area contributed by atoms with Crippen molar-refractivity contribution in [2.24, 2.45) is 5.92 Å². The number of nitrogens with zero attached hydrogens (tertiary/aromatic N) is 2. The topological polar surface area (TPSA) is 35.0 Å². The molecule has 3 nitrogen and oxygen atoms in total. The Labute approximate surface area is 122 Å². The quantitative estimate of drug-likeness (QED) is 0.782. The fraction of sp³-hybridized carbons (Fsp3) is 0.571. The summed E-state index contributed by atoms with van der Waals surface area (Å²) in [6, 6.07) is 1.95. The molecule has 102 valence electrons. The van der Waals surface area contributed by atoms with Crippen LogP contribution in [0, 0.1) is 5.92 Å². The smallest absolute Gasteiger partial charge is 0.157 e. The Morgan fingerprint density at radius 2 is 2.11 bits per heavy atom. The van der Waals surface area contributed by atoms with E-state index in [9.17, 15) is 0 Å². The van der Waals surface area contributed by atoms with E-state index in [0.29, 0.717) is 17.6 Å². The molecule has 1 fully saturated rings. The number of thiophene rings is 1. The highest BCUT2D eigenvalue weighted by atomic mass is 35.5. The first-order valence-corrected chi connectivity index (χ1v) is 8.06. The lowest BCUT2D eigenvalue weighted by atomic mass is 9.90. The van der Waals surface area contributed by atoms with Crippen molar-refractivity contribution in [1.29, 1.82) is 0 Å². The van der Waals surface area contributed by atoms with Gasteiger partial charge in [-0.1, -0.05) is 30.9 Å². The Morgan fingerprint density at radius 3 is 2.95 bits per heavy atom. The van der Waals surface area contributed by atoms with E-state index < -0.39 is 0 Å². The summed E-state index contributed by atoms with van der Waals surface area (Å²) in [5.74, 6) is 1.41. The van der Waals surface area contributed by atoms with E-state index >= 15 is 0 Å². The average molecular weight is 297 g/mol. The SMILES string of the molecule is Clc1nc(COCC2CCCCC2)nc2sccc12. The molecule has 0 bridgehead atoms. The number of aromatic nitrogens is 2. The van der Waals surface area contributed by atoms with Crippen LogP contribution < -0.4 is 0 Å². The first kappa shape index (κ1) is 13.3. The molecule has 0 unspecified atom stereocenters. The van der Waals surface area contributed by atoms with Crippen molar-refractivity contribution in [3.8, 4) is 0 Å². The summed E-state index contributed by atoms with van der Waals surface area (Å²) in [5.41, 5.74) is 0. The third kappa shape index (κ3) is 3.25. The lowest BCUT2D eigenvalue weighted by Crippen LogP contribution is -2.13.